The van der Waals surface area contributed by atoms with E-state index < -0.39 is 10.0 Å². The minimum atomic E-state index is -3.69. The number of halogens is 1. The van der Waals surface area contributed by atoms with Crippen molar-refractivity contribution in [3.8, 4) is 0 Å². The van der Waals surface area contributed by atoms with Crippen molar-refractivity contribution in [2.75, 3.05) is 12.2 Å². The lowest BCUT2D eigenvalue weighted by atomic mass is 10.3. The molecule has 0 unspecified atom stereocenters. The van der Waals surface area contributed by atoms with Crippen LogP contribution in [0.25, 0.3) is 0 Å². The highest BCUT2D eigenvalue weighted by Gasteiger charge is 2.07. The topological polar surface area (TPSA) is 63.4 Å². The van der Waals surface area contributed by atoms with Crippen molar-refractivity contribution in [2.45, 2.75) is 4.90 Å². The molecule has 0 saturated heterocycles. The van der Waals surface area contributed by atoms with Gasteiger partial charge in [-0.1, -0.05) is 0 Å². The summed E-state index contributed by atoms with van der Waals surface area (Å²) in [5.41, 5.74) is 0.271. The van der Waals surface area contributed by atoms with Gasteiger partial charge in [-0.25, -0.2) is 18.7 Å². The second-order valence-electron chi connectivity index (χ2n) is 2.52. The van der Waals surface area contributed by atoms with E-state index in [2.05, 4.69) is 0 Å². The van der Waals surface area contributed by atoms with Crippen LogP contribution in [-0.2, 0) is 10.0 Å². The van der Waals surface area contributed by atoms with E-state index in [0.29, 0.717) is 5.12 Å². The van der Waals surface area contributed by atoms with Crippen LogP contribution in [0.4, 0.5) is 10.2 Å². The quantitative estimate of drug-likeness (QED) is 0.719. The zero-order valence-electron chi connectivity index (χ0n) is 6.94. The fourth-order valence-corrected chi connectivity index (χ4v) is 1.36. The average molecular weight is 204 g/mol. The van der Waals surface area contributed by atoms with E-state index in [1.807, 2.05) is 0 Å². The van der Waals surface area contributed by atoms with Gasteiger partial charge in [0.2, 0.25) is 10.0 Å². The van der Waals surface area contributed by atoms with E-state index in [4.69, 9.17) is 5.14 Å². The van der Waals surface area contributed by atoms with Crippen molar-refractivity contribution >= 4 is 15.7 Å². The van der Waals surface area contributed by atoms with Gasteiger partial charge in [0.1, 0.15) is 0 Å². The van der Waals surface area contributed by atoms with E-state index >= 15 is 0 Å². The van der Waals surface area contributed by atoms with Crippen molar-refractivity contribution in [2.24, 2.45) is 5.14 Å². The summed E-state index contributed by atoms with van der Waals surface area (Å²) in [6.07, 6.45) is 0. The van der Waals surface area contributed by atoms with Crippen LogP contribution in [-0.4, -0.2) is 15.5 Å². The number of anilines is 1. The molecule has 0 aliphatic rings. The molecule has 0 fully saturated rings. The number of hydrogen-bond acceptors (Lipinski definition) is 3. The lowest BCUT2D eigenvalue weighted by molar-refractivity contribution is 0.476. The highest BCUT2D eigenvalue weighted by atomic mass is 32.2. The third-order valence-electron chi connectivity index (χ3n) is 1.52. The van der Waals surface area contributed by atoms with Crippen LogP contribution in [0, 0.1) is 0 Å². The molecule has 0 saturated carbocycles. The maximum Gasteiger partial charge on any atom is 0.238 e. The lowest BCUT2D eigenvalue weighted by Gasteiger charge is -2.06. The Labute approximate surface area is 75.8 Å². The van der Waals surface area contributed by atoms with E-state index in [0.717, 1.165) is 0 Å². The molecule has 2 N–H and O–H groups in total. The molecule has 0 aromatic heterocycles. The van der Waals surface area contributed by atoms with Gasteiger partial charge in [-0.15, -0.1) is 4.48 Å². The number of sulfonamides is 1. The van der Waals surface area contributed by atoms with Crippen LogP contribution in [0.1, 0.15) is 0 Å². The molecule has 0 aliphatic heterocycles. The highest BCUT2D eigenvalue weighted by Crippen LogP contribution is 2.15. The van der Waals surface area contributed by atoms with E-state index in [1.54, 1.807) is 0 Å². The first kappa shape index (κ1) is 9.94. The van der Waals surface area contributed by atoms with Crippen LogP contribution in [0.3, 0.4) is 0 Å². The fourth-order valence-electron chi connectivity index (χ4n) is 0.841. The monoisotopic (exact) mass is 204 g/mol. The van der Waals surface area contributed by atoms with Gasteiger partial charge >= 0.3 is 0 Å². The molecule has 0 radical (unpaired) electrons. The molecule has 4 nitrogen and oxygen atoms in total. The first-order valence-electron chi connectivity index (χ1n) is 3.43. The van der Waals surface area contributed by atoms with Crippen molar-refractivity contribution in [1.82, 2.24) is 0 Å². The zero-order valence-corrected chi connectivity index (χ0v) is 7.75. The molecule has 13 heavy (non-hydrogen) atoms. The predicted octanol–water partition coefficient (Wildman–Crippen LogP) is 0.655. The van der Waals surface area contributed by atoms with E-state index in [-0.39, 0.29) is 10.6 Å². The molecule has 0 spiro atoms. The minimum absolute atomic E-state index is 0.0295. The molecule has 0 heterocycles. The average Bonchev–Trinajstić information content (AvgIpc) is 2.03. The molecule has 1 aromatic rings. The smallest absolute Gasteiger partial charge is 0.225 e. The third kappa shape index (κ3) is 2.40. The number of hydrogen-bond donors (Lipinski definition) is 1. The van der Waals surface area contributed by atoms with E-state index in [9.17, 15) is 12.9 Å². The van der Waals surface area contributed by atoms with Gasteiger partial charge in [0.05, 0.1) is 10.6 Å². The Kier molecular flexibility index (Phi) is 2.53. The molecule has 72 valence electrons. The summed E-state index contributed by atoms with van der Waals surface area (Å²) in [4.78, 5) is -0.0295. The molecular formula is C7H9FN2O2S. The normalized spacial score (nSPS) is 11.3. The first-order chi connectivity index (χ1) is 5.91. The molecular weight excluding hydrogens is 195 g/mol. The van der Waals surface area contributed by atoms with Gasteiger partial charge in [0.25, 0.3) is 0 Å². The maximum atomic E-state index is 12.5. The summed E-state index contributed by atoms with van der Waals surface area (Å²) < 4.78 is 34.1. The summed E-state index contributed by atoms with van der Waals surface area (Å²) in [6, 6.07) is 5.17. The Hall–Kier alpha value is -1.14. The minimum Gasteiger partial charge on any atom is -0.225 e. The molecule has 0 amide bonds. The zero-order chi connectivity index (χ0) is 10.1. The second kappa shape index (κ2) is 3.31. The van der Waals surface area contributed by atoms with Crippen molar-refractivity contribution in [1.29, 1.82) is 0 Å². The van der Waals surface area contributed by atoms with E-state index in [1.165, 1.54) is 31.3 Å². The van der Waals surface area contributed by atoms with Gasteiger partial charge in [-0.3, -0.25) is 0 Å². The summed E-state index contributed by atoms with van der Waals surface area (Å²) >= 11 is 0. The number of primary sulfonamides is 1. The van der Waals surface area contributed by atoms with Crippen LogP contribution < -0.4 is 10.3 Å². The number of nitrogens with zero attached hydrogens (tertiary/aromatic N) is 1. The number of benzene rings is 1. The van der Waals surface area contributed by atoms with Gasteiger partial charge in [0.15, 0.2) is 0 Å². The van der Waals surface area contributed by atoms with Gasteiger partial charge in [0, 0.05) is 7.05 Å². The lowest BCUT2D eigenvalue weighted by Crippen LogP contribution is -2.12. The Morgan fingerprint density at radius 2 is 1.77 bits per heavy atom. The van der Waals surface area contributed by atoms with Crippen LogP contribution >= 0.6 is 0 Å². The third-order valence-corrected chi connectivity index (χ3v) is 2.45. The standard InChI is InChI=1S/C7H9FN2O2S/c1-10(8)6-2-4-7(5-3-6)13(9,11)12/h2-5H,1H3,(H2,9,11,12). The van der Waals surface area contributed by atoms with Crippen molar-refractivity contribution < 1.29 is 12.9 Å². The second-order valence-corrected chi connectivity index (χ2v) is 4.08. The maximum absolute atomic E-state index is 12.5. The highest BCUT2D eigenvalue weighted by molar-refractivity contribution is 7.89. The Bertz CT molecular complexity index is 385. The predicted molar refractivity (Wildman–Crippen MR) is 47.3 cm³/mol. The summed E-state index contributed by atoms with van der Waals surface area (Å²) in [6.45, 7) is 0. The van der Waals surface area contributed by atoms with Crippen molar-refractivity contribution in [3.05, 3.63) is 24.3 Å². The number of nitrogens with two attached hydrogens (primary N) is 1. The summed E-state index contributed by atoms with van der Waals surface area (Å²) in [5.74, 6) is 0. The first-order valence-corrected chi connectivity index (χ1v) is 4.98. The van der Waals surface area contributed by atoms with Crippen LogP contribution in [0.5, 0.6) is 0 Å². The molecule has 1 aromatic carbocycles. The molecule has 0 aliphatic carbocycles. The largest absolute Gasteiger partial charge is 0.238 e. The van der Waals surface area contributed by atoms with Crippen molar-refractivity contribution in [3.63, 3.8) is 0 Å². The molecule has 1 rings (SSSR count). The molecule has 0 bridgehead atoms. The van der Waals surface area contributed by atoms with Gasteiger partial charge in [-0.05, 0) is 24.3 Å². The Balaban J connectivity index is 3.08. The summed E-state index contributed by atoms with van der Waals surface area (Å²) in [7, 11) is -2.47. The van der Waals surface area contributed by atoms with Crippen LogP contribution in [0.2, 0.25) is 0 Å². The SMILES string of the molecule is CN(F)c1ccc(S(N)(=O)=O)cc1. The van der Waals surface area contributed by atoms with Gasteiger partial charge in [-0.2, -0.15) is 0 Å². The van der Waals surface area contributed by atoms with Gasteiger partial charge < -0.3 is 0 Å². The molecule has 0 atom stereocenters. The fraction of sp³-hybridized carbons (Fsp3) is 0.143. The summed E-state index contributed by atoms with van der Waals surface area (Å²) in [5, 5.41) is 5.23. The number of rotatable bonds is 2. The molecule has 6 heteroatoms. The Morgan fingerprint density at radius 3 is 2.08 bits per heavy atom. The Morgan fingerprint density at radius 1 is 1.31 bits per heavy atom. The van der Waals surface area contributed by atoms with Crippen LogP contribution in [0.15, 0.2) is 29.2 Å².